The highest BCUT2D eigenvalue weighted by molar-refractivity contribution is 6.32. The SMILES string of the molecule is CC1(Nc2nc(NN)ncc2Cl)CCC1. The maximum Gasteiger partial charge on any atom is 0.239 e. The second kappa shape index (κ2) is 3.83. The number of nitrogens with two attached hydrogens (primary N) is 1. The number of rotatable bonds is 3. The third-order valence-electron chi connectivity index (χ3n) is 2.75. The molecule has 0 atom stereocenters. The summed E-state index contributed by atoms with van der Waals surface area (Å²) in [5.41, 5.74) is 2.51. The molecule has 4 N–H and O–H groups in total. The van der Waals surface area contributed by atoms with Gasteiger partial charge in [-0.05, 0) is 26.2 Å². The van der Waals surface area contributed by atoms with Crippen LogP contribution in [0.15, 0.2) is 6.20 Å². The molecule has 0 saturated heterocycles. The van der Waals surface area contributed by atoms with E-state index in [-0.39, 0.29) is 5.54 Å². The normalized spacial score (nSPS) is 18.1. The van der Waals surface area contributed by atoms with Crippen LogP contribution in [0.4, 0.5) is 11.8 Å². The van der Waals surface area contributed by atoms with Crippen LogP contribution in [-0.4, -0.2) is 15.5 Å². The molecular weight excluding hydrogens is 214 g/mol. The molecule has 0 aliphatic heterocycles. The molecule has 1 fully saturated rings. The quantitative estimate of drug-likeness (QED) is 0.542. The number of nitrogens with one attached hydrogen (secondary N) is 2. The molecule has 0 spiro atoms. The minimum absolute atomic E-state index is 0.115. The third kappa shape index (κ3) is 2.13. The van der Waals surface area contributed by atoms with Gasteiger partial charge in [-0.25, -0.2) is 10.8 Å². The lowest BCUT2D eigenvalue weighted by atomic mass is 9.78. The Bertz CT molecular complexity index is 364. The molecular formula is C9H14ClN5. The zero-order valence-electron chi connectivity index (χ0n) is 8.55. The fraction of sp³-hybridized carbons (Fsp3) is 0.556. The van der Waals surface area contributed by atoms with Gasteiger partial charge in [0.2, 0.25) is 5.95 Å². The Balaban J connectivity index is 2.19. The van der Waals surface area contributed by atoms with Gasteiger partial charge >= 0.3 is 0 Å². The number of anilines is 2. The molecule has 1 aliphatic carbocycles. The smallest absolute Gasteiger partial charge is 0.239 e. The van der Waals surface area contributed by atoms with Crippen LogP contribution in [0, 0.1) is 0 Å². The van der Waals surface area contributed by atoms with E-state index in [1.54, 1.807) is 0 Å². The summed E-state index contributed by atoms with van der Waals surface area (Å²) in [6.45, 7) is 2.16. The van der Waals surface area contributed by atoms with Crippen LogP contribution in [0.25, 0.3) is 0 Å². The molecule has 1 heterocycles. The summed E-state index contributed by atoms with van der Waals surface area (Å²) < 4.78 is 0. The molecule has 0 amide bonds. The van der Waals surface area contributed by atoms with Crippen LogP contribution in [0.1, 0.15) is 26.2 Å². The van der Waals surface area contributed by atoms with Crippen molar-refractivity contribution in [2.45, 2.75) is 31.7 Å². The van der Waals surface area contributed by atoms with Gasteiger partial charge in [0, 0.05) is 5.54 Å². The summed E-state index contributed by atoms with van der Waals surface area (Å²) in [4.78, 5) is 8.08. The van der Waals surface area contributed by atoms with E-state index in [0.717, 1.165) is 12.8 Å². The van der Waals surface area contributed by atoms with Crippen LogP contribution in [0.3, 0.4) is 0 Å². The summed E-state index contributed by atoms with van der Waals surface area (Å²) in [6, 6.07) is 0. The van der Waals surface area contributed by atoms with Crippen LogP contribution >= 0.6 is 11.6 Å². The molecule has 6 heteroatoms. The highest BCUT2D eigenvalue weighted by Gasteiger charge is 2.32. The topological polar surface area (TPSA) is 75.9 Å². The van der Waals surface area contributed by atoms with Crippen LogP contribution in [0.5, 0.6) is 0 Å². The molecule has 0 bridgehead atoms. The minimum Gasteiger partial charge on any atom is -0.364 e. The van der Waals surface area contributed by atoms with Gasteiger partial charge in [0.25, 0.3) is 0 Å². The number of nitrogens with zero attached hydrogens (tertiary/aromatic N) is 2. The summed E-state index contributed by atoms with van der Waals surface area (Å²) in [7, 11) is 0. The van der Waals surface area contributed by atoms with Crippen molar-refractivity contribution in [2.24, 2.45) is 5.84 Å². The molecule has 1 aromatic heterocycles. The summed E-state index contributed by atoms with van der Waals surface area (Å²) in [6.07, 6.45) is 5.06. The largest absolute Gasteiger partial charge is 0.364 e. The zero-order valence-corrected chi connectivity index (χ0v) is 9.30. The standard InChI is InChI=1S/C9H14ClN5/c1-9(3-2-4-9)14-7-6(10)5-12-8(13-7)15-11/h5H,2-4,11H2,1H3,(H2,12,13,14,15). The molecule has 1 aromatic rings. The first kappa shape index (κ1) is 10.4. The zero-order chi connectivity index (χ0) is 10.9. The predicted molar refractivity (Wildman–Crippen MR) is 60.7 cm³/mol. The minimum atomic E-state index is 0.115. The maximum atomic E-state index is 5.98. The van der Waals surface area contributed by atoms with E-state index < -0.39 is 0 Å². The van der Waals surface area contributed by atoms with Gasteiger partial charge in [0.1, 0.15) is 5.02 Å². The van der Waals surface area contributed by atoms with Crippen molar-refractivity contribution >= 4 is 23.4 Å². The summed E-state index contributed by atoms with van der Waals surface area (Å²) in [5, 5.41) is 3.83. The van der Waals surface area contributed by atoms with Gasteiger partial charge in [-0.15, -0.1) is 0 Å². The highest BCUT2D eigenvalue weighted by Crippen LogP contribution is 2.35. The fourth-order valence-electron chi connectivity index (χ4n) is 1.64. The number of nitrogen functional groups attached to an aromatic ring is 1. The Morgan fingerprint density at radius 2 is 2.27 bits per heavy atom. The van der Waals surface area contributed by atoms with Gasteiger partial charge in [0.15, 0.2) is 5.82 Å². The lowest BCUT2D eigenvalue weighted by Gasteiger charge is -2.39. The van der Waals surface area contributed by atoms with E-state index in [9.17, 15) is 0 Å². The fourth-order valence-corrected chi connectivity index (χ4v) is 1.78. The number of hydrogen-bond donors (Lipinski definition) is 3. The molecule has 0 radical (unpaired) electrons. The third-order valence-corrected chi connectivity index (χ3v) is 3.03. The van der Waals surface area contributed by atoms with Gasteiger partial charge in [-0.2, -0.15) is 4.98 Å². The molecule has 5 nitrogen and oxygen atoms in total. The van der Waals surface area contributed by atoms with Crippen molar-refractivity contribution in [3.05, 3.63) is 11.2 Å². The van der Waals surface area contributed by atoms with Gasteiger partial charge in [0.05, 0.1) is 6.20 Å². The average molecular weight is 228 g/mol. The van der Waals surface area contributed by atoms with Gasteiger partial charge < -0.3 is 5.32 Å². The number of aromatic nitrogens is 2. The molecule has 0 unspecified atom stereocenters. The van der Waals surface area contributed by atoms with Gasteiger partial charge in [-0.3, -0.25) is 5.43 Å². The second-order valence-corrected chi connectivity index (χ2v) is 4.48. The lowest BCUT2D eigenvalue weighted by Crippen LogP contribution is -2.42. The van der Waals surface area contributed by atoms with Crippen molar-refractivity contribution in [2.75, 3.05) is 10.7 Å². The Labute approximate surface area is 93.4 Å². The van der Waals surface area contributed by atoms with E-state index in [1.807, 2.05) is 0 Å². The second-order valence-electron chi connectivity index (χ2n) is 4.07. The number of hydrazine groups is 1. The Kier molecular flexibility index (Phi) is 2.67. The van der Waals surface area contributed by atoms with E-state index in [4.69, 9.17) is 17.4 Å². The summed E-state index contributed by atoms with van der Waals surface area (Å²) >= 11 is 5.98. The van der Waals surface area contributed by atoms with Crippen LogP contribution in [-0.2, 0) is 0 Å². The van der Waals surface area contributed by atoms with Crippen LogP contribution < -0.4 is 16.6 Å². The maximum absolute atomic E-state index is 5.98. The van der Waals surface area contributed by atoms with Crippen molar-refractivity contribution in [3.8, 4) is 0 Å². The lowest BCUT2D eigenvalue weighted by molar-refractivity contribution is 0.306. The summed E-state index contributed by atoms with van der Waals surface area (Å²) in [5.74, 6) is 6.24. The molecule has 1 aliphatic rings. The average Bonchev–Trinajstić information content (AvgIpc) is 2.19. The molecule has 15 heavy (non-hydrogen) atoms. The molecule has 82 valence electrons. The number of halogens is 1. The monoisotopic (exact) mass is 227 g/mol. The first-order valence-electron chi connectivity index (χ1n) is 4.90. The van der Waals surface area contributed by atoms with E-state index in [1.165, 1.54) is 12.6 Å². The van der Waals surface area contributed by atoms with Crippen molar-refractivity contribution in [1.29, 1.82) is 0 Å². The van der Waals surface area contributed by atoms with Crippen LogP contribution in [0.2, 0.25) is 5.02 Å². The Hall–Kier alpha value is -1.07. The van der Waals surface area contributed by atoms with Crippen molar-refractivity contribution in [1.82, 2.24) is 9.97 Å². The number of hydrogen-bond acceptors (Lipinski definition) is 5. The van der Waals surface area contributed by atoms with E-state index >= 15 is 0 Å². The van der Waals surface area contributed by atoms with Crippen molar-refractivity contribution in [3.63, 3.8) is 0 Å². The molecule has 0 aromatic carbocycles. The van der Waals surface area contributed by atoms with E-state index in [0.29, 0.717) is 16.8 Å². The van der Waals surface area contributed by atoms with Crippen molar-refractivity contribution < 1.29 is 0 Å². The van der Waals surface area contributed by atoms with Gasteiger partial charge in [-0.1, -0.05) is 11.6 Å². The first-order chi connectivity index (χ1) is 7.13. The molecule has 2 rings (SSSR count). The highest BCUT2D eigenvalue weighted by atomic mass is 35.5. The Morgan fingerprint density at radius 1 is 1.53 bits per heavy atom. The predicted octanol–water partition coefficient (Wildman–Crippen LogP) is 1.77. The van der Waals surface area contributed by atoms with E-state index in [2.05, 4.69) is 27.6 Å². The first-order valence-corrected chi connectivity index (χ1v) is 5.28. The molecule has 1 saturated carbocycles. The Morgan fingerprint density at radius 3 is 2.80 bits per heavy atom.